The number of aliphatic carboxylic acids is 1. The van der Waals surface area contributed by atoms with E-state index in [2.05, 4.69) is 4.90 Å². The Morgan fingerprint density at radius 3 is 2.83 bits per heavy atom. The van der Waals surface area contributed by atoms with E-state index < -0.39 is 12.1 Å². The van der Waals surface area contributed by atoms with Crippen molar-refractivity contribution < 1.29 is 19.4 Å². The second kappa shape index (κ2) is 5.84. The molecule has 1 saturated heterocycles. The zero-order valence-corrected chi connectivity index (χ0v) is 10.3. The van der Waals surface area contributed by atoms with Crippen LogP contribution in [0, 0.1) is 0 Å². The van der Waals surface area contributed by atoms with E-state index in [4.69, 9.17) is 14.6 Å². The van der Waals surface area contributed by atoms with E-state index in [1.54, 1.807) is 7.11 Å². The average Bonchev–Trinajstić information content (AvgIpc) is 2.40. The van der Waals surface area contributed by atoms with Crippen LogP contribution in [-0.4, -0.2) is 48.9 Å². The van der Waals surface area contributed by atoms with E-state index in [0.717, 1.165) is 24.4 Å². The summed E-state index contributed by atoms with van der Waals surface area (Å²) in [6.45, 7) is 2.39. The summed E-state index contributed by atoms with van der Waals surface area (Å²) < 4.78 is 10.3. The van der Waals surface area contributed by atoms with Gasteiger partial charge >= 0.3 is 5.97 Å². The lowest BCUT2D eigenvalue weighted by molar-refractivity contribution is -0.156. The maximum atomic E-state index is 10.9. The normalized spacial score (nSPS) is 20.6. The molecule has 0 saturated carbocycles. The van der Waals surface area contributed by atoms with Crippen LogP contribution in [0.4, 0.5) is 0 Å². The summed E-state index contributed by atoms with van der Waals surface area (Å²) in [6, 6.07) is 7.79. The van der Waals surface area contributed by atoms with E-state index in [1.165, 1.54) is 0 Å². The predicted molar refractivity (Wildman–Crippen MR) is 65.6 cm³/mol. The number of nitrogens with zero attached hydrogens (tertiary/aromatic N) is 1. The first-order valence-electron chi connectivity index (χ1n) is 5.89. The lowest BCUT2D eigenvalue weighted by atomic mass is 10.2. The zero-order valence-electron chi connectivity index (χ0n) is 10.3. The molecular weight excluding hydrogens is 234 g/mol. The molecule has 0 radical (unpaired) electrons. The Hall–Kier alpha value is -1.59. The second-order valence-electron chi connectivity index (χ2n) is 4.28. The Balaban J connectivity index is 1.93. The SMILES string of the molecule is COc1ccc(CN2CCO[C@H](C(=O)O)C2)cc1. The molecule has 18 heavy (non-hydrogen) atoms. The first kappa shape index (κ1) is 12.9. The highest BCUT2D eigenvalue weighted by atomic mass is 16.5. The number of rotatable bonds is 4. The molecule has 1 aromatic carbocycles. The summed E-state index contributed by atoms with van der Waals surface area (Å²) >= 11 is 0. The Kier molecular flexibility index (Phi) is 4.17. The highest BCUT2D eigenvalue weighted by Crippen LogP contribution is 2.14. The van der Waals surface area contributed by atoms with Crippen LogP contribution in [0.3, 0.4) is 0 Å². The molecule has 1 heterocycles. The minimum Gasteiger partial charge on any atom is -0.497 e. The number of hydrogen-bond acceptors (Lipinski definition) is 4. The number of carboxylic acids is 1. The molecule has 1 atom stereocenters. The molecule has 5 heteroatoms. The summed E-state index contributed by atoms with van der Waals surface area (Å²) in [5, 5.41) is 8.92. The maximum Gasteiger partial charge on any atom is 0.334 e. The summed E-state index contributed by atoms with van der Waals surface area (Å²) in [6.07, 6.45) is -0.711. The van der Waals surface area contributed by atoms with Gasteiger partial charge in [-0.2, -0.15) is 0 Å². The quantitative estimate of drug-likeness (QED) is 0.864. The molecule has 98 valence electrons. The number of carboxylic acid groups (broad SMARTS) is 1. The fourth-order valence-electron chi connectivity index (χ4n) is 1.98. The van der Waals surface area contributed by atoms with Crippen molar-refractivity contribution in [1.29, 1.82) is 0 Å². The van der Waals surface area contributed by atoms with Crippen molar-refractivity contribution in [3.8, 4) is 5.75 Å². The Bertz CT molecular complexity index is 404. The van der Waals surface area contributed by atoms with Crippen molar-refractivity contribution >= 4 is 5.97 Å². The first-order valence-corrected chi connectivity index (χ1v) is 5.89. The Labute approximate surface area is 106 Å². The van der Waals surface area contributed by atoms with Gasteiger partial charge in [0, 0.05) is 19.6 Å². The highest BCUT2D eigenvalue weighted by molar-refractivity contribution is 5.72. The van der Waals surface area contributed by atoms with Crippen molar-refractivity contribution in [3.63, 3.8) is 0 Å². The Morgan fingerprint density at radius 1 is 1.50 bits per heavy atom. The third kappa shape index (κ3) is 3.21. The lowest BCUT2D eigenvalue weighted by Gasteiger charge is -2.30. The van der Waals surface area contributed by atoms with E-state index in [9.17, 15) is 4.79 Å². The molecule has 1 fully saturated rings. The van der Waals surface area contributed by atoms with Gasteiger partial charge in [-0.1, -0.05) is 12.1 Å². The van der Waals surface area contributed by atoms with Gasteiger partial charge in [0.2, 0.25) is 0 Å². The second-order valence-corrected chi connectivity index (χ2v) is 4.28. The minimum atomic E-state index is -0.894. The van der Waals surface area contributed by atoms with Crippen molar-refractivity contribution in [1.82, 2.24) is 4.90 Å². The molecule has 0 amide bonds. The molecule has 0 unspecified atom stereocenters. The monoisotopic (exact) mass is 251 g/mol. The van der Waals surface area contributed by atoms with Gasteiger partial charge in [0.25, 0.3) is 0 Å². The molecule has 5 nitrogen and oxygen atoms in total. The van der Waals surface area contributed by atoms with E-state index >= 15 is 0 Å². The van der Waals surface area contributed by atoms with Crippen LogP contribution in [0.5, 0.6) is 5.75 Å². The summed E-state index contributed by atoms with van der Waals surface area (Å²) in [5.41, 5.74) is 1.14. The van der Waals surface area contributed by atoms with Crippen LogP contribution in [0.15, 0.2) is 24.3 Å². The maximum absolute atomic E-state index is 10.9. The van der Waals surface area contributed by atoms with Gasteiger partial charge in [-0.3, -0.25) is 4.90 Å². The molecule has 0 aromatic heterocycles. The fourth-order valence-corrected chi connectivity index (χ4v) is 1.98. The summed E-state index contributed by atoms with van der Waals surface area (Å²) in [7, 11) is 1.63. The molecule has 1 aliphatic heterocycles. The summed E-state index contributed by atoms with van der Waals surface area (Å²) in [4.78, 5) is 13.0. The van der Waals surface area contributed by atoms with Crippen molar-refractivity contribution in [2.45, 2.75) is 12.6 Å². The van der Waals surface area contributed by atoms with Crippen LogP contribution in [-0.2, 0) is 16.1 Å². The van der Waals surface area contributed by atoms with Crippen LogP contribution < -0.4 is 4.74 Å². The molecule has 2 rings (SSSR count). The van der Waals surface area contributed by atoms with Gasteiger partial charge in [-0.25, -0.2) is 4.79 Å². The third-order valence-corrected chi connectivity index (χ3v) is 2.99. The van der Waals surface area contributed by atoms with E-state index in [-0.39, 0.29) is 0 Å². The van der Waals surface area contributed by atoms with Crippen LogP contribution in [0.1, 0.15) is 5.56 Å². The van der Waals surface area contributed by atoms with Crippen LogP contribution in [0.2, 0.25) is 0 Å². The minimum absolute atomic E-state index is 0.432. The number of carbonyl (C=O) groups is 1. The molecule has 1 N–H and O–H groups in total. The summed E-state index contributed by atoms with van der Waals surface area (Å²) in [5.74, 6) is -0.0708. The van der Waals surface area contributed by atoms with Gasteiger partial charge in [-0.05, 0) is 17.7 Å². The topological polar surface area (TPSA) is 59.0 Å². The van der Waals surface area contributed by atoms with E-state index in [1.807, 2.05) is 24.3 Å². The van der Waals surface area contributed by atoms with Crippen molar-refractivity contribution in [3.05, 3.63) is 29.8 Å². The van der Waals surface area contributed by atoms with Gasteiger partial charge in [0.05, 0.1) is 13.7 Å². The standard InChI is InChI=1S/C13H17NO4/c1-17-11-4-2-10(3-5-11)8-14-6-7-18-12(9-14)13(15)16/h2-5,12H,6-9H2,1H3,(H,15,16)/t12-/m0/s1. The van der Waals surface area contributed by atoms with Crippen molar-refractivity contribution in [2.75, 3.05) is 26.8 Å². The molecule has 0 bridgehead atoms. The van der Waals surface area contributed by atoms with Crippen LogP contribution >= 0.6 is 0 Å². The molecule has 0 aliphatic carbocycles. The van der Waals surface area contributed by atoms with Gasteiger partial charge in [-0.15, -0.1) is 0 Å². The van der Waals surface area contributed by atoms with Crippen molar-refractivity contribution in [2.24, 2.45) is 0 Å². The zero-order chi connectivity index (χ0) is 13.0. The van der Waals surface area contributed by atoms with Gasteiger partial charge in [0.15, 0.2) is 6.10 Å². The van der Waals surface area contributed by atoms with E-state index in [0.29, 0.717) is 13.2 Å². The molecule has 1 aromatic rings. The number of methoxy groups -OCH3 is 1. The van der Waals surface area contributed by atoms with Gasteiger partial charge < -0.3 is 14.6 Å². The lowest BCUT2D eigenvalue weighted by Crippen LogP contribution is -2.45. The number of morpholine rings is 1. The molecular formula is C13H17NO4. The highest BCUT2D eigenvalue weighted by Gasteiger charge is 2.25. The third-order valence-electron chi connectivity index (χ3n) is 2.99. The molecule has 1 aliphatic rings. The van der Waals surface area contributed by atoms with Gasteiger partial charge in [0.1, 0.15) is 5.75 Å². The average molecular weight is 251 g/mol. The Morgan fingerprint density at radius 2 is 2.22 bits per heavy atom. The number of ether oxygens (including phenoxy) is 2. The molecule has 0 spiro atoms. The predicted octanol–water partition coefficient (Wildman–Crippen LogP) is 0.981. The smallest absolute Gasteiger partial charge is 0.334 e. The van der Waals surface area contributed by atoms with Crippen LogP contribution in [0.25, 0.3) is 0 Å². The first-order chi connectivity index (χ1) is 8.69. The fraction of sp³-hybridized carbons (Fsp3) is 0.462. The number of hydrogen-bond donors (Lipinski definition) is 1. The largest absolute Gasteiger partial charge is 0.497 e. The number of benzene rings is 1.